The molecule has 3 aromatic carbocycles. The van der Waals surface area contributed by atoms with E-state index >= 15 is 0 Å². The zero-order chi connectivity index (χ0) is 28.1. The minimum Gasteiger partial charge on any atom is -0.418 e. The number of hydrogen-bond acceptors (Lipinski definition) is 6. The molecule has 7 rings (SSSR count). The number of hydrogen-bond donors (Lipinski definition) is 0. The standard InChI is InChI=1S/C30H22BrCl2N7O/c1-18-2-6-20(7-3-18)30(12-13-30)29-37-36-28(41-29)26-23(15-39-17-34-16-35-39)27(19-4-8-21(31)9-5-19)40(38-26)25-11-10-22(32)14-24(25)33/h2-11,14,16-17H,12-13,15H2,1H3. The quantitative estimate of drug-likeness (QED) is 0.177. The van der Waals surface area contributed by atoms with Gasteiger partial charge >= 0.3 is 0 Å². The molecule has 1 saturated carbocycles. The highest BCUT2D eigenvalue weighted by Crippen LogP contribution is 2.53. The van der Waals surface area contributed by atoms with E-state index < -0.39 is 0 Å². The average molecular weight is 647 g/mol. The molecule has 0 amide bonds. The molecule has 0 atom stereocenters. The van der Waals surface area contributed by atoms with Crippen molar-refractivity contribution in [2.45, 2.75) is 31.7 Å². The summed E-state index contributed by atoms with van der Waals surface area (Å²) in [6.07, 6.45) is 5.06. The van der Waals surface area contributed by atoms with Crippen molar-refractivity contribution in [3.8, 4) is 28.5 Å². The third-order valence-electron chi connectivity index (χ3n) is 7.42. The molecule has 0 aliphatic heterocycles. The summed E-state index contributed by atoms with van der Waals surface area (Å²) in [5.74, 6) is 0.919. The molecule has 0 bridgehead atoms. The van der Waals surface area contributed by atoms with Gasteiger partial charge in [-0.15, -0.1) is 10.2 Å². The maximum atomic E-state index is 6.72. The molecule has 0 spiro atoms. The van der Waals surface area contributed by atoms with Gasteiger partial charge in [-0.3, -0.25) is 0 Å². The third-order valence-corrected chi connectivity index (χ3v) is 8.48. The number of halogens is 3. The lowest BCUT2D eigenvalue weighted by Crippen LogP contribution is -2.09. The van der Waals surface area contributed by atoms with Crippen molar-refractivity contribution in [2.24, 2.45) is 0 Å². The molecule has 1 aliphatic rings. The molecule has 6 aromatic rings. The van der Waals surface area contributed by atoms with Crippen molar-refractivity contribution in [1.82, 2.24) is 34.7 Å². The Bertz CT molecular complexity index is 1860. The number of aromatic nitrogens is 7. The van der Waals surface area contributed by atoms with Crippen LogP contribution < -0.4 is 0 Å². The lowest BCUT2D eigenvalue weighted by Gasteiger charge is -2.12. The molecule has 8 nitrogen and oxygen atoms in total. The first-order valence-electron chi connectivity index (χ1n) is 13.0. The summed E-state index contributed by atoms with van der Waals surface area (Å²) in [6, 6.07) is 21.9. The fourth-order valence-electron chi connectivity index (χ4n) is 5.12. The lowest BCUT2D eigenvalue weighted by molar-refractivity contribution is 0.470. The van der Waals surface area contributed by atoms with E-state index in [-0.39, 0.29) is 5.41 Å². The first kappa shape index (κ1) is 26.1. The van der Waals surface area contributed by atoms with Gasteiger partial charge in [0, 0.05) is 20.6 Å². The predicted molar refractivity (Wildman–Crippen MR) is 160 cm³/mol. The summed E-state index contributed by atoms with van der Waals surface area (Å²) >= 11 is 16.5. The molecule has 0 unspecified atom stereocenters. The summed E-state index contributed by atoms with van der Waals surface area (Å²) < 4.78 is 11.0. The SMILES string of the molecule is Cc1ccc(C2(c3nnc(-c4nn(-c5ccc(Cl)cc5Cl)c(-c5ccc(Br)cc5)c4Cn4cncn4)o3)CC2)cc1. The Labute approximate surface area is 254 Å². The Morgan fingerprint density at radius 2 is 1.76 bits per heavy atom. The van der Waals surface area contributed by atoms with Crippen LogP contribution in [0.15, 0.2) is 88.3 Å². The van der Waals surface area contributed by atoms with Crippen molar-refractivity contribution < 1.29 is 4.42 Å². The van der Waals surface area contributed by atoms with Crippen molar-refractivity contribution in [3.05, 3.63) is 116 Å². The van der Waals surface area contributed by atoms with Crippen LogP contribution in [0, 0.1) is 6.92 Å². The first-order valence-corrected chi connectivity index (χ1v) is 14.5. The molecule has 3 aromatic heterocycles. The van der Waals surface area contributed by atoms with Gasteiger partial charge in [-0.25, -0.2) is 14.3 Å². The normalized spacial score (nSPS) is 14.0. The Hall–Kier alpha value is -3.79. The Balaban J connectivity index is 1.43. The molecule has 0 saturated heterocycles. The van der Waals surface area contributed by atoms with E-state index in [2.05, 4.69) is 67.4 Å². The zero-order valence-corrected chi connectivity index (χ0v) is 24.9. The number of benzene rings is 3. The van der Waals surface area contributed by atoms with Gasteiger partial charge in [-0.1, -0.05) is 81.1 Å². The van der Waals surface area contributed by atoms with Crippen LogP contribution in [-0.4, -0.2) is 34.7 Å². The topological polar surface area (TPSA) is 87.5 Å². The summed E-state index contributed by atoms with van der Waals surface area (Å²) in [4.78, 5) is 4.14. The highest BCUT2D eigenvalue weighted by molar-refractivity contribution is 9.10. The number of nitrogens with zero attached hydrogens (tertiary/aromatic N) is 7. The van der Waals surface area contributed by atoms with E-state index in [9.17, 15) is 0 Å². The van der Waals surface area contributed by atoms with E-state index in [1.54, 1.807) is 27.8 Å². The van der Waals surface area contributed by atoms with Crippen molar-refractivity contribution in [3.63, 3.8) is 0 Å². The van der Waals surface area contributed by atoms with Gasteiger partial charge in [0.05, 0.1) is 28.4 Å². The lowest BCUT2D eigenvalue weighted by atomic mass is 9.95. The highest BCUT2D eigenvalue weighted by atomic mass is 79.9. The molecule has 0 N–H and O–H groups in total. The van der Waals surface area contributed by atoms with E-state index in [1.807, 2.05) is 30.3 Å². The molecule has 0 radical (unpaired) electrons. The van der Waals surface area contributed by atoms with Crippen molar-refractivity contribution in [1.29, 1.82) is 0 Å². The molecule has 3 heterocycles. The van der Waals surface area contributed by atoms with E-state index in [4.69, 9.17) is 32.7 Å². The minimum atomic E-state index is -0.276. The van der Waals surface area contributed by atoms with Gasteiger partial charge in [0.25, 0.3) is 5.89 Å². The number of rotatable bonds is 7. The van der Waals surface area contributed by atoms with Crippen LogP contribution in [-0.2, 0) is 12.0 Å². The largest absolute Gasteiger partial charge is 0.418 e. The molecule has 204 valence electrons. The van der Waals surface area contributed by atoms with Gasteiger partial charge in [-0.2, -0.15) is 10.2 Å². The first-order chi connectivity index (χ1) is 19.9. The molecular formula is C30H22BrCl2N7O. The summed E-state index contributed by atoms with van der Waals surface area (Å²) in [6.45, 7) is 2.45. The monoisotopic (exact) mass is 645 g/mol. The van der Waals surface area contributed by atoms with Crippen molar-refractivity contribution in [2.75, 3.05) is 0 Å². The van der Waals surface area contributed by atoms with Gasteiger partial charge in [-0.05, 0) is 55.7 Å². The molecular weight excluding hydrogens is 625 g/mol. The zero-order valence-electron chi connectivity index (χ0n) is 21.8. The summed E-state index contributed by atoms with van der Waals surface area (Å²) in [5, 5.41) is 19.4. The van der Waals surface area contributed by atoms with Gasteiger partial charge < -0.3 is 4.42 Å². The average Bonchev–Trinajstić information content (AvgIpc) is 3.29. The van der Waals surface area contributed by atoms with Gasteiger partial charge in [0.15, 0.2) is 5.69 Å². The van der Waals surface area contributed by atoms with Crippen LogP contribution >= 0.6 is 39.1 Å². The molecule has 1 aliphatic carbocycles. The van der Waals surface area contributed by atoms with Crippen LogP contribution in [0.5, 0.6) is 0 Å². The molecule has 1 fully saturated rings. The highest BCUT2D eigenvalue weighted by Gasteiger charge is 2.51. The van der Waals surface area contributed by atoms with Crippen LogP contribution in [0.2, 0.25) is 10.0 Å². The van der Waals surface area contributed by atoms with E-state index in [1.165, 1.54) is 17.5 Å². The van der Waals surface area contributed by atoms with Crippen LogP contribution in [0.1, 0.15) is 35.4 Å². The fourth-order valence-corrected chi connectivity index (χ4v) is 5.87. The van der Waals surface area contributed by atoms with Crippen molar-refractivity contribution >= 4 is 39.1 Å². The third kappa shape index (κ3) is 4.77. The Morgan fingerprint density at radius 3 is 2.44 bits per heavy atom. The maximum absolute atomic E-state index is 6.72. The number of aryl methyl sites for hydroxylation is 1. The Kier molecular flexibility index (Phi) is 6.53. The molecule has 41 heavy (non-hydrogen) atoms. The second-order valence-electron chi connectivity index (χ2n) is 10.1. The van der Waals surface area contributed by atoms with E-state index in [0.29, 0.717) is 39.8 Å². The maximum Gasteiger partial charge on any atom is 0.268 e. The second kappa shape index (κ2) is 10.2. The minimum absolute atomic E-state index is 0.276. The van der Waals surface area contributed by atoms with E-state index in [0.717, 1.165) is 34.1 Å². The van der Waals surface area contributed by atoms with Gasteiger partial charge in [0.2, 0.25) is 5.89 Å². The van der Waals surface area contributed by atoms with Crippen LogP contribution in [0.25, 0.3) is 28.5 Å². The second-order valence-corrected chi connectivity index (χ2v) is 11.9. The van der Waals surface area contributed by atoms with Gasteiger partial charge in [0.1, 0.15) is 12.7 Å². The fraction of sp³-hybridized carbons (Fsp3) is 0.167. The smallest absolute Gasteiger partial charge is 0.268 e. The Morgan fingerprint density at radius 1 is 0.976 bits per heavy atom. The molecule has 11 heteroatoms. The summed E-state index contributed by atoms with van der Waals surface area (Å²) in [5.41, 5.74) is 5.88. The summed E-state index contributed by atoms with van der Waals surface area (Å²) in [7, 11) is 0. The predicted octanol–water partition coefficient (Wildman–Crippen LogP) is 7.69. The van der Waals surface area contributed by atoms with Crippen LogP contribution in [0.4, 0.5) is 0 Å². The van der Waals surface area contributed by atoms with Crippen LogP contribution in [0.3, 0.4) is 0 Å².